The van der Waals surface area contributed by atoms with Crippen molar-refractivity contribution in [3.63, 3.8) is 0 Å². The fourth-order valence-corrected chi connectivity index (χ4v) is 1.10. The second kappa shape index (κ2) is 5.38. The zero-order chi connectivity index (χ0) is 11.4. The Hall–Kier alpha value is -0.520. The van der Waals surface area contributed by atoms with E-state index in [1.165, 1.54) is 5.57 Å². The first-order chi connectivity index (χ1) is 6.27. The van der Waals surface area contributed by atoms with Gasteiger partial charge in [0.25, 0.3) is 0 Å². The zero-order valence-corrected chi connectivity index (χ0v) is 10.4. The second-order valence-electron chi connectivity index (χ2n) is 5.13. The highest BCUT2D eigenvalue weighted by molar-refractivity contribution is 5.06. The first-order valence-corrected chi connectivity index (χ1v) is 5.37. The van der Waals surface area contributed by atoms with Gasteiger partial charge in [0.15, 0.2) is 0 Å². The van der Waals surface area contributed by atoms with Gasteiger partial charge in [0.1, 0.15) is 0 Å². The second-order valence-corrected chi connectivity index (χ2v) is 5.13. The Morgan fingerprint density at radius 3 is 2.07 bits per heavy atom. The lowest BCUT2D eigenvalue weighted by atomic mass is 9.85. The van der Waals surface area contributed by atoms with E-state index in [1.54, 1.807) is 0 Å². The maximum absolute atomic E-state index is 9.87. The van der Waals surface area contributed by atoms with E-state index in [9.17, 15) is 5.11 Å². The summed E-state index contributed by atoms with van der Waals surface area (Å²) >= 11 is 0. The van der Waals surface area contributed by atoms with E-state index in [4.69, 9.17) is 0 Å². The molecular weight excluding hydrogens is 172 g/mol. The average Bonchev–Trinajstić information content (AvgIpc) is 2.02. The third kappa shape index (κ3) is 5.26. The van der Waals surface area contributed by atoms with Crippen molar-refractivity contribution in [2.24, 2.45) is 5.41 Å². The maximum Gasteiger partial charge on any atom is 0.0631 e. The zero-order valence-electron chi connectivity index (χ0n) is 10.4. The molecule has 0 rings (SSSR count). The van der Waals surface area contributed by atoms with E-state index in [0.717, 1.165) is 18.4 Å². The molecule has 82 valence electrons. The third-order valence-corrected chi connectivity index (χ3v) is 2.46. The predicted octanol–water partition coefficient (Wildman–Crippen LogP) is 3.69. The van der Waals surface area contributed by atoms with Crippen molar-refractivity contribution in [3.05, 3.63) is 16.9 Å². The summed E-state index contributed by atoms with van der Waals surface area (Å²) in [5.41, 5.74) is 5.67. The molecule has 0 aliphatic carbocycles. The van der Waals surface area contributed by atoms with Crippen molar-refractivity contribution in [1.29, 1.82) is 0 Å². The van der Waals surface area contributed by atoms with Crippen molar-refractivity contribution < 1.29 is 5.11 Å². The summed E-state index contributed by atoms with van der Waals surface area (Å²) in [6.45, 7) is 12.4. The van der Waals surface area contributed by atoms with Crippen molar-refractivity contribution in [2.45, 2.75) is 60.5 Å². The largest absolute Gasteiger partial charge is 0.392 e. The van der Waals surface area contributed by atoms with Crippen molar-refractivity contribution in [2.75, 3.05) is 0 Å². The van der Waals surface area contributed by atoms with Crippen LogP contribution < -0.4 is 0 Å². The Bertz CT molecular complexity index is 236. The van der Waals surface area contributed by atoms with E-state index < -0.39 is 0 Å². The van der Waals surface area contributed by atoms with Gasteiger partial charge in [-0.05, 0) is 36.8 Å². The summed E-state index contributed by atoms with van der Waals surface area (Å²) in [4.78, 5) is 0. The van der Waals surface area contributed by atoms with Gasteiger partial charge in [-0.25, -0.2) is 0 Å². The minimum atomic E-state index is -0.278. The number of rotatable bonds is 3. The summed E-state index contributed by atoms with van der Waals surface area (Å²) in [5.74, 6) is 0. The lowest BCUT2D eigenvalue weighted by molar-refractivity contribution is 0.0636. The Labute approximate surface area is 88.5 Å². The van der Waals surface area contributed by atoms with Gasteiger partial charge in [-0.3, -0.25) is 0 Å². The molecule has 0 spiro atoms. The van der Waals surface area contributed by atoms with E-state index in [1.807, 2.05) is 6.92 Å². The molecule has 0 aromatic carbocycles. The summed E-state index contributed by atoms with van der Waals surface area (Å²) in [6, 6.07) is 0. The monoisotopic (exact) mass is 196 g/mol. The fraction of sp³-hybridized carbons (Fsp3) is 0.769. The molecule has 1 N–H and O–H groups in total. The SMILES string of the molecule is CCC(C)=C=C(C)C[C@@H](O)C(C)(C)C. The first-order valence-electron chi connectivity index (χ1n) is 5.37. The number of hydrogen-bond donors (Lipinski definition) is 1. The molecule has 0 aliphatic heterocycles. The molecule has 0 heterocycles. The van der Waals surface area contributed by atoms with Crippen LogP contribution in [0.1, 0.15) is 54.4 Å². The van der Waals surface area contributed by atoms with Crippen LogP contribution in [-0.2, 0) is 0 Å². The molecule has 0 aromatic rings. The van der Waals surface area contributed by atoms with Gasteiger partial charge in [0.2, 0.25) is 0 Å². The molecule has 0 saturated carbocycles. The quantitative estimate of drug-likeness (QED) is 0.683. The Balaban J connectivity index is 4.48. The van der Waals surface area contributed by atoms with Gasteiger partial charge < -0.3 is 5.11 Å². The number of hydrogen-bond acceptors (Lipinski definition) is 1. The van der Waals surface area contributed by atoms with Gasteiger partial charge in [-0.2, -0.15) is 0 Å². The molecule has 0 saturated heterocycles. The molecule has 0 unspecified atom stereocenters. The minimum absolute atomic E-state index is 0.0386. The van der Waals surface area contributed by atoms with E-state index in [2.05, 4.69) is 40.3 Å². The van der Waals surface area contributed by atoms with Crippen LogP contribution in [-0.4, -0.2) is 11.2 Å². The Morgan fingerprint density at radius 1 is 1.21 bits per heavy atom. The van der Waals surface area contributed by atoms with Crippen molar-refractivity contribution >= 4 is 0 Å². The number of aliphatic hydroxyl groups is 1. The van der Waals surface area contributed by atoms with Gasteiger partial charge in [0, 0.05) is 6.42 Å². The van der Waals surface area contributed by atoms with E-state index in [0.29, 0.717) is 0 Å². The smallest absolute Gasteiger partial charge is 0.0631 e. The third-order valence-electron chi connectivity index (χ3n) is 2.46. The van der Waals surface area contributed by atoms with Gasteiger partial charge in [0.05, 0.1) is 6.10 Å². The topological polar surface area (TPSA) is 20.2 Å². The number of aliphatic hydroxyl groups excluding tert-OH is 1. The molecule has 0 fully saturated rings. The molecule has 1 heteroatoms. The summed E-state index contributed by atoms with van der Waals surface area (Å²) in [5, 5.41) is 9.87. The van der Waals surface area contributed by atoms with Gasteiger partial charge in [-0.15, -0.1) is 5.73 Å². The molecule has 14 heavy (non-hydrogen) atoms. The maximum atomic E-state index is 9.87. The van der Waals surface area contributed by atoms with Crippen LogP contribution in [0.25, 0.3) is 0 Å². The molecule has 0 aliphatic rings. The van der Waals surface area contributed by atoms with Crippen LogP contribution in [0.3, 0.4) is 0 Å². The fourth-order valence-electron chi connectivity index (χ4n) is 1.10. The molecule has 0 aromatic heterocycles. The van der Waals surface area contributed by atoms with Gasteiger partial charge in [-0.1, -0.05) is 27.7 Å². The van der Waals surface area contributed by atoms with Crippen molar-refractivity contribution in [3.8, 4) is 0 Å². The molecule has 1 nitrogen and oxygen atoms in total. The van der Waals surface area contributed by atoms with Crippen LogP contribution in [0, 0.1) is 5.41 Å². The Kier molecular flexibility index (Phi) is 5.18. The highest BCUT2D eigenvalue weighted by Gasteiger charge is 2.21. The van der Waals surface area contributed by atoms with Crippen LogP contribution >= 0.6 is 0 Å². The normalized spacial score (nSPS) is 13.4. The van der Waals surface area contributed by atoms with E-state index in [-0.39, 0.29) is 11.5 Å². The molecular formula is C13H24O. The molecule has 0 radical (unpaired) electrons. The van der Waals surface area contributed by atoms with E-state index >= 15 is 0 Å². The average molecular weight is 196 g/mol. The van der Waals surface area contributed by atoms with Crippen LogP contribution in [0.5, 0.6) is 0 Å². The summed E-state index contributed by atoms with van der Waals surface area (Å²) < 4.78 is 0. The van der Waals surface area contributed by atoms with Crippen LogP contribution in [0.2, 0.25) is 0 Å². The molecule has 1 atom stereocenters. The predicted molar refractivity (Wildman–Crippen MR) is 62.3 cm³/mol. The highest BCUT2D eigenvalue weighted by Crippen LogP contribution is 2.23. The lowest BCUT2D eigenvalue weighted by Crippen LogP contribution is -2.25. The van der Waals surface area contributed by atoms with Crippen molar-refractivity contribution in [1.82, 2.24) is 0 Å². The first kappa shape index (κ1) is 13.5. The van der Waals surface area contributed by atoms with Gasteiger partial charge >= 0.3 is 0 Å². The molecule has 0 bridgehead atoms. The minimum Gasteiger partial charge on any atom is -0.392 e. The summed E-state index contributed by atoms with van der Waals surface area (Å²) in [7, 11) is 0. The van der Waals surface area contributed by atoms with Crippen LogP contribution in [0.4, 0.5) is 0 Å². The van der Waals surface area contributed by atoms with Crippen LogP contribution in [0.15, 0.2) is 16.9 Å². The molecule has 0 amide bonds. The summed E-state index contributed by atoms with van der Waals surface area (Å²) in [6.07, 6.45) is 1.48. The highest BCUT2D eigenvalue weighted by atomic mass is 16.3. The standard InChI is InChI=1S/C13H24O/c1-7-10(2)8-11(3)9-12(14)13(4,5)6/h12,14H,7,9H2,1-6H3/t8?,12-/m1/s1. The Morgan fingerprint density at radius 2 is 1.71 bits per heavy atom. The lowest BCUT2D eigenvalue weighted by Gasteiger charge is -2.25.